The van der Waals surface area contributed by atoms with E-state index in [1.807, 2.05) is 12.1 Å². The summed E-state index contributed by atoms with van der Waals surface area (Å²) in [6.45, 7) is 7.34. The third-order valence-electron chi connectivity index (χ3n) is 6.61. The van der Waals surface area contributed by atoms with Gasteiger partial charge in [-0.05, 0) is 55.2 Å². The molecule has 5 rings (SSSR count). The second kappa shape index (κ2) is 8.91. The Morgan fingerprint density at radius 2 is 2.13 bits per heavy atom. The van der Waals surface area contributed by atoms with Crippen molar-refractivity contribution in [1.82, 2.24) is 4.90 Å². The maximum atomic E-state index is 9.16. The van der Waals surface area contributed by atoms with Crippen LogP contribution in [0.2, 0.25) is 0 Å². The van der Waals surface area contributed by atoms with E-state index in [1.54, 1.807) is 11.3 Å². The zero-order chi connectivity index (χ0) is 21.4. The van der Waals surface area contributed by atoms with Crippen molar-refractivity contribution >= 4 is 43.0 Å². The molecule has 0 unspecified atom stereocenters. The average molecular weight is 496 g/mol. The zero-order valence-electron chi connectivity index (χ0n) is 17.7. The van der Waals surface area contributed by atoms with Crippen LogP contribution >= 0.6 is 27.3 Å². The van der Waals surface area contributed by atoms with E-state index < -0.39 is 0 Å². The fourth-order valence-electron chi connectivity index (χ4n) is 4.90. The van der Waals surface area contributed by atoms with Crippen LogP contribution in [-0.4, -0.2) is 43.7 Å². The first kappa shape index (κ1) is 21.0. The Morgan fingerprint density at radius 3 is 2.97 bits per heavy atom. The lowest BCUT2D eigenvalue weighted by molar-refractivity contribution is 0.0255. The smallest absolute Gasteiger partial charge is 0.0992 e. The van der Waals surface area contributed by atoms with E-state index in [4.69, 9.17) is 10.00 Å². The van der Waals surface area contributed by atoms with Crippen LogP contribution in [0.15, 0.2) is 46.3 Å². The second-order valence-corrected chi connectivity index (χ2v) is 10.3. The molecule has 0 radical (unpaired) electrons. The third-order valence-corrected chi connectivity index (χ3v) is 8.04. The molecule has 1 fully saturated rings. The number of hydrogen-bond donors (Lipinski definition) is 0. The molecular weight excluding hydrogens is 470 g/mol. The maximum Gasteiger partial charge on any atom is 0.0992 e. The van der Waals surface area contributed by atoms with E-state index in [9.17, 15) is 0 Å². The van der Waals surface area contributed by atoms with Crippen LogP contribution in [-0.2, 0) is 11.2 Å². The van der Waals surface area contributed by atoms with Gasteiger partial charge in [-0.2, -0.15) is 5.26 Å². The zero-order valence-corrected chi connectivity index (χ0v) is 20.1. The molecule has 2 atom stereocenters. The van der Waals surface area contributed by atoms with Crippen molar-refractivity contribution in [3.05, 3.63) is 62.9 Å². The van der Waals surface area contributed by atoms with Gasteiger partial charge in [0.15, 0.2) is 0 Å². The lowest BCUT2D eigenvalue weighted by atomic mass is 9.95. The van der Waals surface area contributed by atoms with E-state index in [0.717, 1.165) is 55.7 Å². The van der Waals surface area contributed by atoms with Gasteiger partial charge in [0.05, 0.1) is 30.0 Å². The summed E-state index contributed by atoms with van der Waals surface area (Å²) >= 11 is 5.33. The molecule has 0 aliphatic carbocycles. The first-order valence-electron chi connectivity index (χ1n) is 10.9. The molecule has 0 amide bonds. The number of hydrogen-bond acceptors (Lipinski definition) is 5. The van der Waals surface area contributed by atoms with Gasteiger partial charge < -0.3 is 9.64 Å². The average Bonchev–Trinajstić information content (AvgIpc) is 3.21. The first-order chi connectivity index (χ1) is 15.1. The standard InChI is InChI=1S/C25H26BrN3OS/c1-17-15-29(23-16-31-25-12-18(14-27)2-4-22(23)25)10-9-28(17)8-6-24-21-5-3-20(26)13-19(21)7-11-30-24/h2-5,12-13,16-17,24H,6-11,15H2,1H3/t17-,24+/m1/s1. The van der Waals surface area contributed by atoms with Crippen LogP contribution in [0.3, 0.4) is 0 Å². The molecule has 2 aliphatic heterocycles. The molecule has 1 aromatic heterocycles. The van der Waals surface area contributed by atoms with Crippen molar-refractivity contribution in [3.8, 4) is 6.07 Å². The molecule has 2 aliphatic rings. The van der Waals surface area contributed by atoms with Gasteiger partial charge in [-0.1, -0.05) is 28.1 Å². The number of benzene rings is 2. The number of nitrogens with zero attached hydrogens (tertiary/aromatic N) is 3. The fourth-order valence-corrected chi connectivity index (χ4v) is 6.32. The molecule has 0 bridgehead atoms. The Hall–Kier alpha value is -1.91. The molecule has 3 aromatic rings. The number of anilines is 1. The summed E-state index contributed by atoms with van der Waals surface area (Å²) < 4.78 is 8.50. The van der Waals surface area contributed by atoms with E-state index >= 15 is 0 Å². The monoisotopic (exact) mass is 495 g/mol. The minimum atomic E-state index is 0.206. The lowest BCUT2D eigenvalue weighted by Gasteiger charge is -2.41. The highest BCUT2D eigenvalue weighted by Crippen LogP contribution is 2.35. The molecule has 2 aromatic carbocycles. The predicted molar refractivity (Wildman–Crippen MR) is 131 cm³/mol. The van der Waals surface area contributed by atoms with Crippen molar-refractivity contribution in [2.75, 3.05) is 37.7 Å². The summed E-state index contributed by atoms with van der Waals surface area (Å²) in [5.74, 6) is 0. The quantitative estimate of drug-likeness (QED) is 0.461. The Kier molecular flexibility index (Phi) is 6.03. The first-order valence-corrected chi connectivity index (χ1v) is 12.6. The molecule has 0 N–H and O–H groups in total. The van der Waals surface area contributed by atoms with Crippen molar-refractivity contribution in [1.29, 1.82) is 5.26 Å². The molecule has 6 heteroatoms. The highest BCUT2D eigenvalue weighted by molar-refractivity contribution is 9.10. The molecule has 4 nitrogen and oxygen atoms in total. The van der Waals surface area contributed by atoms with Crippen molar-refractivity contribution < 1.29 is 4.74 Å². The lowest BCUT2D eigenvalue weighted by Crippen LogP contribution is -2.52. The number of fused-ring (bicyclic) bond motifs is 2. The van der Waals surface area contributed by atoms with Gasteiger partial charge in [-0.3, -0.25) is 4.90 Å². The normalized spacial score (nSPS) is 21.8. The Morgan fingerprint density at radius 1 is 1.23 bits per heavy atom. The van der Waals surface area contributed by atoms with Gasteiger partial charge in [0.25, 0.3) is 0 Å². The molecule has 160 valence electrons. The molecule has 3 heterocycles. The third kappa shape index (κ3) is 4.25. The van der Waals surface area contributed by atoms with E-state index in [2.05, 4.69) is 68.4 Å². The topological polar surface area (TPSA) is 39.5 Å². The summed E-state index contributed by atoms with van der Waals surface area (Å²) in [5, 5.41) is 12.7. The van der Waals surface area contributed by atoms with E-state index in [0.29, 0.717) is 6.04 Å². The fraction of sp³-hybridized carbons (Fsp3) is 0.400. The minimum Gasteiger partial charge on any atom is -0.373 e. The number of thiophene rings is 1. The van der Waals surface area contributed by atoms with Crippen molar-refractivity contribution in [2.45, 2.75) is 31.9 Å². The summed E-state index contributed by atoms with van der Waals surface area (Å²) in [5.41, 5.74) is 4.83. The summed E-state index contributed by atoms with van der Waals surface area (Å²) in [4.78, 5) is 5.12. The number of nitriles is 1. The summed E-state index contributed by atoms with van der Waals surface area (Å²) in [6, 6.07) is 15.4. The number of ether oxygens (including phenoxy) is 1. The highest BCUT2D eigenvalue weighted by atomic mass is 79.9. The Bertz CT molecular complexity index is 1140. The SMILES string of the molecule is C[C@@H]1CN(c2csc3cc(C#N)ccc23)CCN1CC[C@@H]1OCCc2cc(Br)ccc21. The van der Waals surface area contributed by atoms with Crippen molar-refractivity contribution in [3.63, 3.8) is 0 Å². The van der Waals surface area contributed by atoms with Gasteiger partial charge >= 0.3 is 0 Å². The highest BCUT2D eigenvalue weighted by Gasteiger charge is 2.27. The Labute approximate surface area is 196 Å². The van der Waals surface area contributed by atoms with Gasteiger partial charge in [-0.15, -0.1) is 11.3 Å². The minimum absolute atomic E-state index is 0.206. The predicted octanol–water partition coefficient (Wildman–Crippen LogP) is 5.75. The number of piperazine rings is 1. The van der Waals surface area contributed by atoms with Crippen LogP contribution < -0.4 is 4.90 Å². The molecule has 1 saturated heterocycles. The number of halogens is 1. The second-order valence-electron chi connectivity index (χ2n) is 8.52. The molecule has 0 saturated carbocycles. The van der Waals surface area contributed by atoms with Gasteiger partial charge in [0.2, 0.25) is 0 Å². The largest absolute Gasteiger partial charge is 0.373 e. The van der Waals surface area contributed by atoms with Crippen LogP contribution in [0.4, 0.5) is 5.69 Å². The van der Waals surface area contributed by atoms with Crippen LogP contribution in [0.25, 0.3) is 10.1 Å². The van der Waals surface area contributed by atoms with Crippen LogP contribution in [0.5, 0.6) is 0 Å². The molecule has 0 spiro atoms. The van der Waals surface area contributed by atoms with E-state index in [-0.39, 0.29) is 6.10 Å². The molecule has 31 heavy (non-hydrogen) atoms. The van der Waals surface area contributed by atoms with Gasteiger partial charge in [0.1, 0.15) is 0 Å². The van der Waals surface area contributed by atoms with Crippen LogP contribution in [0, 0.1) is 11.3 Å². The van der Waals surface area contributed by atoms with E-state index in [1.165, 1.54) is 26.9 Å². The summed E-state index contributed by atoms with van der Waals surface area (Å²) in [6.07, 6.45) is 2.25. The summed E-state index contributed by atoms with van der Waals surface area (Å²) in [7, 11) is 0. The van der Waals surface area contributed by atoms with Crippen LogP contribution in [0.1, 0.15) is 36.1 Å². The van der Waals surface area contributed by atoms with Gasteiger partial charge in [-0.25, -0.2) is 0 Å². The number of rotatable bonds is 4. The Balaban J connectivity index is 1.23. The maximum absolute atomic E-state index is 9.16. The van der Waals surface area contributed by atoms with Gasteiger partial charge in [0, 0.05) is 52.2 Å². The molecular formula is C25H26BrN3OS. The van der Waals surface area contributed by atoms with Crippen molar-refractivity contribution in [2.24, 2.45) is 0 Å².